The molecule has 1 saturated heterocycles. The van der Waals surface area contributed by atoms with Gasteiger partial charge in [0.2, 0.25) is 0 Å². The van der Waals surface area contributed by atoms with Gasteiger partial charge in [-0.25, -0.2) is 0 Å². The van der Waals surface area contributed by atoms with E-state index in [2.05, 4.69) is 52.3 Å². The van der Waals surface area contributed by atoms with Crippen LogP contribution in [0.1, 0.15) is 29.9 Å². The van der Waals surface area contributed by atoms with Crippen molar-refractivity contribution in [1.82, 2.24) is 4.90 Å². The van der Waals surface area contributed by atoms with Gasteiger partial charge in [-0.15, -0.1) is 12.4 Å². The van der Waals surface area contributed by atoms with E-state index < -0.39 is 0 Å². The number of anilines is 1. The molecule has 5 rings (SSSR count). The van der Waals surface area contributed by atoms with Crippen LogP contribution in [-0.4, -0.2) is 36.5 Å². The van der Waals surface area contributed by atoms with Crippen LogP contribution in [0.4, 0.5) is 5.69 Å². The molecule has 0 aliphatic carbocycles. The van der Waals surface area contributed by atoms with E-state index in [9.17, 15) is 0 Å². The largest absolute Gasteiger partial charge is 0.350 e. The summed E-state index contributed by atoms with van der Waals surface area (Å²) in [7, 11) is 0. The predicted molar refractivity (Wildman–Crippen MR) is 106 cm³/mol. The highest BCUT2D eigenvalue weighted by molar-refractivity contribution is 6.35. The summed E-state index contributed by atoms with van der Waals surface area (Å²) in [5.74, 6) is 1.62. The summed E-state index contributed by atoms with van der Waals surface area (Å²) in [6.07, 6.45) is 2.65. The van der Waals surface area contributed by atoms with E-state index in [0.29, 0.717) is 12.1 Å². The molecule has 0 N–H and O–H groups in total. The Morgan fingerprint density at radius 3 is 2.64 bits per heavy atom. The summed E-state index contributed by atoms with van der Waals surface area (Å²) in [5.41, 5.74) is 3.81. The molecule has 0 amide bonds. The zero-order chi connectivity index (χ0) is 16.1. The Hall–Kier alpha value is -1.71. The SMILES string of the molecule is Cl.Clc1cccc2c1C1=NCCCN1C1C(c3ccccc3)CCN21. The molecule has 0 aromatic heterocycles. The van der Waals surface area contributed by atoms with Gasteiger partial charge in [0.25, 0.3) is 0 Å². The monoisotopic (exact) mass is 373 g/mol. The molecule has 3 nitrogen and oxygen atoms in total. The van der Waals surface area contributed by atoms with Crippen molar-refractivity contribution in [3.05, 3.63) is 64.7 Å². The number of benzene rings is 2. The maximum absolute atomic E-state index is 6.57. The second-order valence-electron chi connectivity index (χ2n) is 6.80. The van der Waals surface area contributed by atoms with E-state index in [1.165, 1.54) is 17.7 Å². The van der Waals surface area contributed by atoms with Gasteiger partial charge in [-0.05, 0) is 30.5 Å². The molecule has 0 bridgehead atoms. The third-order valence-electron chi connectivity index (χ3n) is 5.52. The van der Waals surface area contributed by atoms with Crippen LogP contribution in [0.25, 0.3) is 0 Å². The van der Waals surface area contributed by atoms with Gasteiger partial charge in [0.15, 0.2) is 0 Å². The van der Waals surface area contributed by atoms with Crippen LogP contribution in [0.2, 0.25) is 5.02 Å². The van der Waals surface area contributed by atoms with Crippen molar-refractivity contribution in [2.75, 3.05) is 24.5 Å². The Labute approximate surface area is 159 Å². The number of fused-ring (bicyclic) bond motifs is 6. The highest BCUT2D eigenvalue weighted by Gasteiger charge is 2.46. The van der Waals surface area contributed by atoms with E-state index in [1.807, 2.05) is 6.07 Å². The Balaban J connectivity index is 0.00000157. The van der Waals surface area contributed by atoms with Gasteiger partial charge in [0.1, 0.15) is 12.0 Å². The summed E-state index contributed by atoms with van der Waals surface area (Å²) in [5, 5.41) is 0.819. The number of rotatable bonds is 1. The third kappa shape index (κ3) is 2.52. The molecule has 2 aromatic carbocycles. The maximum Gasteiger partial charge on any atom is 0.136 e. The first-order valence-electron chi connectivity index (χ1n) is 8.76. The molecule has 2 unspecified atom stereocenters. The van der Waals surface area contributed by atoms with Gasteiger partial charge in [-0.1, -0.05) is 48.0 Å². The normalized spacial score (nSPS) is 24.0. The topological polar surface area (TPSA) is 18.8 Å². The molecular weight excluding hydrogens is 353 g/mol. The number of amidine groups is 1. The van der Waals surface area contributed by atoms with E-state index >= 15 is 0 Å². The number of hydrogen-bond acceptors (Lipinski definition) is 3. The minimum Gasteiger partial charge on any atom is -0.350 e. The Kier molecular flexibility index (Phi) is 4.38. The molecule has 130 valence electrons. The van der Waals surface area contributed by atoms with Crippen molar-refractivity contribution in [3.63, 3.8) is 0 Å². The van der Waals surface area contributed by atoms with Crippen molar-refractivity contribution in [2.45, 2.75) is 24.9 Å². The smallest absolute Gasteiger partial charge is 0.136 e. The summed E-state index contributed by atoms with van der Waals surface area (Å²) >= 11 is 6.57. The van der Waals surface area contributed by atoms with E-state index in [1.54, 1.807) is 0 Å². The van der Waals surface area contributed by atoms with E-state index in [0.717, 1.165) is 42.5 Å². The van der Waals surface area contributed by atoms with Crippen molar-refractivity contribution in [3.8, 4) is 0 Å². The fourth-order valence-corrected chi connectivity index (χ4v) is 4.79. The van der Waals surface area contributed by atoms with Gasteiger partial charge in [0, 0.05) is 25.6 Å². The second kappa shape index (κ2) is 6.54. The molecule has 5 heteroatoms. The molecule has 3 aliphatic rings. The third-order valence-corrected chi connectivity index (χ3v) is 5.84. The van der Waals surface area contributed by atoms with Crippen LogP contribution in [0.5, 0.6) is 0 Å². The van der Waals surface area contributed by atoms with E-state index in [-0.39, 0.29) is 12.4 Å². The van der Waals surface area contributed by atoms with Gasteiger partial charge in [-0.2, -0.15) is 0 Å². The lowest BCUT2D eigenvalue weighted by molar-refractivity contribution is 0.275. The molecule has 25 heavy (non-hydrogen) atoms. The fourth-order valence-electron chi connectivity index (χ4n) is 4.54. The van der Waals surface area contributed by atoms with Crippen molar-refractivity contribution in [2.24, 2.45) is 4.99 Å². The number of hydrogen-bond donors (Lipinski definition) is 0. The Bertz CT molecular complexity index is 806. The van der Waals surface area contributed by atoms with Crippen LogP contribution in [-0.2, 0) is 0 Å². The van der Waals surface area contributed by atoms with Crippen LogP contribution in [0, 0.1) is 0 Å². The van der Waals surface area contributed by atoms with Gasteiger partial charge < -0.3 is 9.80 Å². The van der Waals surface area contributed by atoms with Crippen LogP contribution < -0.4 is 4.90 Å². The highest BCUT2D eigenvalue weighted by Crippen LogP contribution is 2.45. The summed E-state index contributed by atoms with van der Waals surface area (Å²) < 4.78 is 0. The maximum atomic E-state index is 6.57. The van der Waals surface area contributed by atoms with Crippen LogP contribution in [0.15, 0.2) is 53.5 Å². The molecule has 0 saturated carbocycles. The fraction of sp³-hybridized carbons (Fsp3) is 0.350. The molecule has 1 fully saturated rings. The second-order valence-corrected chi connectivity index (χ2v) is 7.21. The first-order chi connectivity index (χ1) is 11.8. The standard InChI is InChI=1S/C20H20ClN3.ClH/c21-16-8-4-9-17-18(16)19-22-11-5-12-24(19)20-15(10-13-23(17)20)14-6-2-1-3-7-14;/h1-4,6-9,15,20H,5,10-13H2;1H. The lowest BCUT2D eigenvalue weighted by atomic mass is 9.92. The average molecular weight is 374 g/mol. The molecule has 0 spiro atoms. The van der Waals surface area contributed by atoms with Gasteiger partial charge >= 0.3 is 0 Å². The molecular formula is C20H21Cl2N3. The average Bonchev–Trinajstić information content (AvgIpc) is 3.08. The summed E-state index contributed by atoms with van der Waals surface area (Å²) in [4.78, 5) is 9.92. The Morgan fingerprint density at radius 2 is 1.80 bits per heavy atom. The van der Waals surface area contributed by atoms with Gasteiger partial charge in [0.05, 0.1) is 16.3 Å². The number of nitrogens with zero attached hydrogens (tertiary/aromatic N) is 3. The highest BCUT2D eigenvalue weighted by atomic mass is 35.5. The molecule has 2 aromatic rings. The summed E-state index contributed by atoms with van der Waals surface area (Å²) in [6.45, 7) is 3.04. The van der Waals surface area contributed by atoms with Crippen molar-refractivity contribution >= 4 is 35.5 Å². The zero-order valence-electron chi connectivity index (χ0n) is 13.9. The van der Waals surface area contributed by atoms with Crippen molar-refractivity contribution < 1.29 is 0 Å². The number of halogens is 2. The predicted octanol–water partition coefficient (Wildman–Crippen LogP) is 4.55. The first-order valence-corrected chi connectivity index (χ1v) is 9.14. The first kappa shape index (κ1) is 16.7. The molecule has 2 atom stereocenters. The minimum atomic E-state index is 0. The van der Waals surface area contributed by atoms with Crippen LogP contribution >= 0.6 is 24.0 Å². The quantitative estimate of drug-likeness (QED) is 0.730. The van der Waals surface area contributed by atoms with Crippen molar-refractivity contribution in [1.29, 1.82) is 0 Å². The van der Waals surface area contributed by atoms with Gasteiger partial charge in [-0.3, -0.25) is 4.99 Å². The number of aliphatic imine (C=N–C) groups is 1. The lowest BCUT2D eigenvalue weighted by Crippen LogP contribution is -2.56. The lowest BCUT2D eigenvalue weighted by Gasteiger charge is -2.47. The molecule has 0 radical (unpaired) electrons. The Morgan fingerprint density at radius 1 is 0.960 bits per heavy atom. The van der Waals surface area contributed by atoms with Crippen LogP contribution in [0.3, 0.4) is 0 Å². The summed E-state index contributed by atoms with van der Waals surface area (Å²) in [6, 6.07) is 17.2. The molecule has 3 heterocycles. The zero-order valence-corrected chi connectivity index (χ0v) is 15.5. The minimum absolute atomic E-state index is 0. The molecule has 3 aliphatic heterocycles. The van der Waals surface area contributed by atoms with E-state index in [4.69, 9.17) is 16.6 Å².